The summed E-state index contributed by atoms with van der Waals surface area (Å²) in [5.74, 6) is 0.644. The van der Waals surface area contributed by atoms with Crippen molar-refractivity contribution < 1.29 is 14.3 Å². The van der Waals surface area contributed by atoms with Crippen molar-refractivity contribution in [2.24, 2.45) is 0 Å². The summed E-state index contributed by atoms with van der Waals surface area (Å²) in [4.78, 5) is 12.3. The Morgan fingerprint density at radius 3 is 2.55 bits per heavy atom. The summed E-state index contributed by atoms with van der Waals surface area (Å²) in [5, 5.41) is 0. The zero-order chi connectivity index (χ0) is 14.4. The van der Waals surface area contributed by atoms with Gasteiger partial charge in [0, 0.05) is 0 Å². The van der Waals surface area contributed by atoms with Gasteiger partial charge in [0.1, 0.15) is 12.4 Å². The molecule has 3 nitrogen and oxygen atoms in total. The van der Waals surface area contributed by atoms with Crippen molar-refractivity contribution in [2.75, 3.05) is 13.7 Å². The van der Waals surface area contributed by atoms with Crippen molar-refractivity contribution in [3.05, 3.63) is 29.3 Å². The second-order valence-corrected chi connectivity index (χ2v) is 5.55. The number of hydrogen-bond acceptors (Lipinski definition) is 3. The molecule has 0 heterocycles. The lowest BCUT2D eigenvalue weighted by Crippen LogP contribution is -2.18. The highest BCUT2D eigenvalue weighted by atomic mass is 16.5. The molecule has 1 aliphatic rings. The summed E-state index contributed by atoms with van der Waals surface area (Å²) in [6.45, 7) is 2.14. The minimum atomic E-state index is 0.00565. The number of methoxy groups -OCH3 is 1. The van der Waals surface area contributed by atoms with Gasteiger partial charge < -0.3 is 9.47 Å². The molecule has 0 N–H and O–H groups in total. The van der Waals surface area contributed by atoms with Crippen molar-refractivity contribution in [3.8, 4) is 5.75 Å². The van der Waals surface area contributed by atoms with Crippen LogP contribution in [0.2, 0.25) is 0 Å². The molecular formula is C17H24O3. The van der Waals surface area contributed by atoms with Crippen LogP contribution in [-0.2, 0) is 4.74 Å². The maximum atomic E-state index is 12.3. The molecule has 0 atom stereocenters. The number of ketones is 1. The number of benzene rings is 1. The molecule has 0 saturated heterocycles. The summed E-state index contributed by atoms with van der Waals surface area (Å²) >= 11 is 0. The van der Waals surface area contributed by atoms with E-state index >= 15 is 0 Å². The van der Waals surface area contributed by atoms with Gasteiger partial charge in [0.2, 0.25) is 0 Å². The number of rotatable bonds is 5. The number of carbonyl (C=O) groups is 1. The molecule has 0 aliphatic heterocycles. The summed E-state index contributed by atoms with van der Waals surface area (Å²) in [7, 11) is 1.59. The van der Waals surface area contributed by atoms with Crippen molar-refractivity contribution in [2.45, 2.75) is 51.6 Å². The standard InChI is InChI=1S/C17H24O3/c1-13-9-10-15(17(11-13)19-2)16(18)12-20-14-7-5-3-4-6-8-14/h9-11,14H,3-8,12H2,1-2H3. The Bertz CT molecular complexity index is 446. The van der Waals surface area contributed by atoms with E-state index in [1.54, 1.807) is 7.11 Å². The van der Waals surface area contributed by atoms with E-state index in [1.807, 2.05) is 25.1 Å². The highest BCUT2D eigenvalue weighted by molar-refractivity contribution is 5.99. The normalized spacial score (nSPS) is 16.7. The van der Waals surface area contributed by atoms with Gasteiger partial charge in [-0.2, -0.15) is 0 Å². The van der Waals surface area contributed by atoms with Crippen molar-refractivity contribution in [1.29, 1.82) is 0 Å². The first-order valence-corrected chi connectivity index (χ1v) is 7.50. The largest absolute Gasteiger partial charge is 0.496 e. The molecule has 110 valence electrons. The van der Waals surface area contributed by atoms with Gasteiger partial charge in [0.05, 0.1) is 18.8 Å². The Balaban J connectivity index is 1.94. The molecule has 0 amide bonds. The minimum absolute atomic E-state index is 0.00565. The quantitative estimate of drug-likeness (QED) is 0.604. The van der Waals surface area contributed by atoms with E-state index in [2.05, 4.69) is 0 Å². The van der Waals surface area contributed by atoms with Gasteiger partial charge in [-0.1, -0.05) is 31.7 Å². The Morgan fingerprint density at radius 1 is 1.20 bits per heavy atom. The van der Waals surface area contributed by atoms with Gasteiger partial charge in [-0.3, -0.25) is 4.79 Å². The van der Waals surface area contributed by atoms with E-state index in [4.69, 9.17) is 9.47 Å². The topological polar surface area (TPSA) is 35.5 Å². The second kappa shape index (κ2) is 7.44. The van der Waals surface area contributed by atoms with Gasteiger partial charge in [-0.15, -0.1) is 0 Å². The van der Waals surface area contributed by atoms with Crippen LogP contribution in [0.5, 0.6) is 5.75 Å². The molecule has 1 aromatic rings. The van der Waals surface area contributed by atoms with Crippen LogP contribution in [0.4, 0.5) is 0 Å². The lowest BCUT2D eigenvalue weighted by molar-refractivity contribution is 0.0387. The van der Waals surface area contributed by atoms with E-state index in [0.29, 0.717) is 11.3 Å². The van der Waals surface area contributed by atoms with Gasteiger partial charge in [0.15, 0.2) is 5.78 Å². The average molecular weight is 276 g/mol. The first-order valence-electron chi connectivity index (χ1n) is 7.50. The molecule has 1 aliphatic carbocycles. The highest BCUT2D eigenvalue weighted by Crippen LogP contribution is 2.22. The molecule has 0 spiro atoms. The summed E-state index contributed by atoms with van der Waals surface area (Å²) < 4.78 is 11.1. The number of aryl methyl sites for hydroxylation is 1. The van der Waals surface area contributed by atoms with Crippen LogP contribution in [0.1, 0.15) is 54.4 Å². The van der Waals surface area contributed by atoms with E-state index < -0.39 is 0 Å². The molecule has 0 radical (unpaired) electrons. The Kier molecular flexibility index (Phi) is 5.60. The summed E-state index contributed by atoms with van der Waals surface area (Å²) in [5.41, 5.74) is 1.70. The first kappa shape index (κ1) is 15.0. The molecule has 0 bridgehead atoms. The van der Waals surface area contributed by atoms with Gasteiger partial charge in [-0.05, 0) is 37.5 Å². The van der Waals surface area contributed by atoms with Crippen molar-refractivity contribution >= 4 is 5.78 Å². The van der Waals surface area contributed by atoms with Crippen LogP contribution in [0, 0.1) is 6.92 Å². The number of hydrogen-bond donors (Lipinski definition) is 0. The summed E-state index contributed by atoms with van der Waals surface area (Å²) in [6, 6.07) is 5.65. The minimum Gasteiger partial charge on any atom is -0.496 e. The third-order valence-corrected chi connectivity index (χ3v) is 3.91. The second-order valence-electron chi connectivity index (χ2n) is 5.55. The molecule has 0 aromatic heterocycles. The predicted octanol–water partition coefficient (Wildman–Crippen LogP) is 3.93. The molecule has 2 rings (SSSR count). The number of Topliss-reactive ketones (excluding diaryl/α,β-unsaturated/α-hetero) is 1. The molecular weight excluding hydrogens is 252 g/mol. The van der Waals surface area contributed by atoms with Crippen LogP contribution < -0.4 is 4.74 Å². The maximum Gasteiger partial charge on any atom is 0.192 e. The van der Waals surface area contributed by atoms with Crippen LogP contribution >= 0.6 is 0 Å². The number of carbonyl (C=O) groups excluding carboxylic acids is 1. The van der Waals surface area contributed by atoms with E-state index in [-0.39, 0.29) is 18.5 Å². The third-order valence-electron chi connectivity index (χ3n) is 3.91. The Morgan fingerprint density at radius 2 is 1.90 bits per heavy atom. The van der Waals surface area contributed by atoms with Crippen molar-refractivity contribution in [1.82, 2.24) is 0 Å². The molecule has 0 unspecified atom stereocenters. The van der Waals surface area contributed by atoms with Gasteiger partial charge in [0.25, 0.3) is 0 Å². The lowest BCUT2D eigenvalue weighted by Gasteiger charge is -2.15. The SMILES string of the molecule is COc1cc(C)ccc1C(=O)COC1CCCCCC1. The van der Waals surface area contributed by atoms with Crippen molar-refractivity contribution in [3.63, 3.8) is 0 Å². The Hall–Kier alpha value is -1.35. The lowest BCUT2D eigenvalue weighted by atomic mass is 10.1. The smallest absolute Gasteiger partial charge is 0.192 e. The van der Waals surface area contributed by atoms with Gasteiger partial charge >= 0.3 is 0 Å². The highest BCUT2D eigenvalue weighted by Gasteiger charge is 2.17. The molecule has 20 heavy (non-hydrogen) atoms. The van der Waals surface area contributed by atoms with Crippen LogP contribution in [0.25, 0.3) is 0 Å². The fraction of sp³-hybridized carbons (Fsp3) is 0.588. The molecule has 1 aromatic carbocycles. The maximum absolute atomic E-state index is 12.3. The third kappa shape index (κ3) is 4.07. The van der Waals surface area contributed by atoms with Crippen LogP contribution in [0.3, 0.4) is 0 Å². The molecule has 1 saturated carbocycles. The molecule has 1 fully saturated rings. The monoisotopic (exact) mass is 276 g/mol. The fourth-order valence-corrected chi connectivity index (χ4v) is 2.71. The van der Waals surface area contributed by atoms with E-state index in [9.17, 15) is 4.79 Å². The Labute approximate surface area is 121 Å². The predicted molar refractivity (Wildman–Crippen MR) is 79.5 cm³/mol. The zero-order valence-corrected chi connectivity index (χ0v) is 12.5. The van der Waals surface area contributed by atoms with Gasteiger partial charge in [-0.25, -0.2) is 0 Å². The molecule has 3 heteroatoms. The zero-order valence-electron chi connectivity index (χ0n) is 12.5. The fourth-order valence-electron chi connectivity index (χ4n) is 2.71. The first-order chi connectivity index (χ1) is 9.70. The van der Waals surface area contributed by atoms with E-state index in [0.717, 1.165) is 18.4 Å². The average Bonchev–Trinajstić information content (AvgIpc) is 2.73. The van der Waals surface area contributed by atoms with Crippen LogP contribution in [0.15, 0.2) is 18.2 Å². The van der Waals surface area contributed by atoms with Crippen LogP contribution in [-0.4, -0.2) is 25.6 Å². The number of ether oxygens (including phenoxy) is 2. The summed E-state index contributed by atoms with van der Waals surface area (Å²) in [6.07, 6.45) is 7.42. The van der Waals surface area contributed by atoms with E-state index in [1.165, 1.54) is 25.7 Å².